The number of carbonyl (C=O) groups excluding carboxylic acids is 2. The van der Waals surface area contributed by atoms with Gasteiger partial charge in [0.1, 0.15) is 11.5 Å². The van der Waals surface area contributed by atoms with Crippen LogP contribution >= 0.6 is 0 Å². The van der Waals surface area contributed by atoms with Crippen molar-refractivity contribution >= 4 is 11.9 Å². The van der Waals surface area contributed by atoms with Crippen molar-refractivity contribution in [3.63, 3.8) is 0 Å². The van der Waals surface area contributed by atoms with E-state index < -0.39 is 11.9 Å². The number of carbonyl (C=O) groups is 2. The highest BCUT2D eigenvalue weighted by molar-refractivity contribution is 6.00. The average molecular weight is 473 g/mol. The second-order valence-electron chi connectivity index (χ2n) is 7.47. The van der Waals surface area contributed by atoms with Crippen molar-refractivity contribution in [3.8, 4) is 22.6 Å². The summed E-state index contributed by atoms with van der Waals surface area (Å²) in [7, 11) is 0. The molecular weight excluding hydrogens is 450 g/mol. The summed E-state index contributed by atoms with van der Waals surface area (Å²) >= 11 is 0. The van der Waals surface area contributed by atoms with Gasteiger partial charge in [-0.15, -0.1) is 5.10 Å². The summed E-state index contributed by atoms with van der Waals surface area (Å²) in [4.78, 5) is 37.0. The first-order valence-corrected chi connectivity index (χ1v) is 11.1. The maximum absolute atomic E-state index is 12.5. The van der Waals surface area contributed by atoms with Crippen LogP contribution in [-0.4, -0.2) is 40.1 Å². The second-order valence-corrected chi connectivity index (χ2v) is 7.47. The quantitative estimate of drug-likeness (QED) is 0.353. The molecule has 4 aromatic rings. The molecule has 0 atom stereocenters. The van der Waals surface area contributed by atoms with Gasteiger partial charge in [0.15, 0.2) is 11.1 Å². The summed E-state index contributed by atoms with van der Waals surface area (Å²) in [5.41, 5.74) is 1.86. The van der Waals surface area contributed by atoms with Crippen LogP contribution in [0, 0.1) is 0 Å². The fraction of sp³-hybridized carbons (Fsp3) is 0.192. The normalized spacial score (nSPS) is 10.7. The monoisotopic (exact) mass is 473 g/mol. The predicted molar refractivity (Wildman–Crippen MR) is 127 cm³/mol. The minimum atomic E-state index is -0.745. The summed E-state index contributed by atoms with van der Waals surface area (Å²) in [6, 6.07) is 19.5. The van der Waals surface area contributed by atoms with E-state index in [-0.39, 0.29) is 36.6 Å². The highest BCUT2D eigenvalue weighted by atomic mass is 16.5. The molecule has 0 amide bonds. The molecule has 0 saturated heterocycles. The topological polar surface area (TPSA) is 114 Å². The number of ether oxygens (including phenoxy) is 2. The molecule has 0 bridgehead atoms. The van der Waals surface area contributed by atoms with Crippen molar-refractivity contribution in [3.05, 3.63) is 93.9 Å². The van der Waals surface area contributed by atoms with Crippen LogP contribution in [0.5, 0.6) is 0 Å². The second kappa shape index (κ2) is 10.6. The number of hydrogen-bond acceptors (Lipinski definition) is 8. The standard InChI is InChI=1S/C26H23N3O6/c1-3-33-25(31)23-24(26(32)34-4-2)29(28-27-23)16-17-10-12-19(13-11-17)22-15-20(30)14-21(35-22)18-8-6-5-7-9-18/h5-15H,3-4,16H2,1-2H3. The lowest BCUT2D eigenvalue weighted by atomic mass is 10.1. The summed E-state index contributed by atoms with van der Waals surface area (Å²) in [6.45, 7) is 3.76. The molecular formula is C26H23N3O6. The van der Waals surface area contributed by atoms with Crippen LogP contribution in [0.3, 0.4) is 0 Å². The third-order valence-electron chi connectivity index (χ3n) is 5.07. The third-order valence-corrected chi connectivity index (χ3v) is 5.07. The van der Waals surface area contributed by atoms with Gasteiger partial charge >= 0.3 is 11.9 Å². The molecule has 2 aromatic carbocycles. The first-order valence-electron chi connectivity index (χ1n) is 11.1. The van der Waals surface area contributed by atoms with Gasteiger partial charge in [-0.3, -0.25) is 4.79 Å². The van der Waals surface area contributed by atoms with Gasteiger partial charge in [-0.25, -0.2) is 14.3 Å². The number of esters is 2. The van der Waals surface area contributed by atoms with Gasteiger partial charge in [0.2, 0.25) is 5.69 Å². The van der Waals surface area contributed by atoms with E-state index >= 15 is 0 Å². The van der Waals surface area contributed by atoms with Crippen LogP contribution in [0.1, 0.15) is 40.4 Å². The fourth-order valence-corrected chi connectivity index (χ4v) is 3.47. The highest BCUT2D eigenvalue weighted by Crippen LogP contribution is 2.25. The van der Waals surface area contributed by atoms with Gasteiger partial charge in [-0.2, -0.15) is 0 Å². The maximum Gasteiger partial charge on any atom is 0.361 e. The van der Waals surface area contributed by atoms with E-state index in [1.807, 2.05) is 42.5 Å². The van der Waals surface area contributed by atoms with Crippen molar-refractivity contribution in [2.24, 2.45) is 0 Å². The largest absolute Gasteiger partial charge is 0.461 e. The van der Waals surface area contributed by atoms with Crippen molar-refractivity contribution < 1.29 is 23.5 Å². The molecule has 0 spiro atoms. The highest BCUT2D eigenvalue weighted by Gasteiger charge is 2.27. The number of nitrogens with zero attached hydrogens (tertiary/aromatic N) is 3. The van der Waals surface area contributed by atoms with Gasteiger partial charge in [0.25, 0.3) is 0 Å². The van der Waals surface area contributed by atoms with Crippen LogP contribution < -0.4 is 5.43 Å². The Morgan fingerprint density at radius 1 is 0.857 bits per heavy atom. The Morgan fingerprint density at radius 3 is 2.09 bits per heavy atom. The smallest absolute Gasteiger partial charge is 0.361 e. The van der Waals surface area contributed by atoms with E-state index in [0.717, 1.165) is 11.1 Å². The molecule has 2 aromatic heterocycles. The lowest BCUT2D eigenvalue weighted by Gasteiger charge is -2.09. The zero-order valence-corrected chi connectivity index (χ0v) is 19.3. The molecule has 0 unspecified atom stereocenters. The van der Waals surface area contributed by atoms with Gasteiger partial charge in [0, 0.05) is 23.3 Å². The predicted octanol–water partition coefficient (Wildman–Crippen LogP) is 3.97. The van der Waals surface area contributed by atoms with Gasteiger partial charge in [-0.1, -0.05) is 59.8 Å². The van der Waals surface area contributed by atoms with E-state index in [1.165, 1.54) is 16.8 Å². The molecule has 0 aliphatic heterocycles. The molecule has 0 fully saturated rings. The third kappa shape index (κ3) is 5.35. The van der Waals surface area contributed by atoms with Gasteiger partial charge in [-0.05, 0) is 19.4 Å². The van der Waals surface area contributed by atoms with E-state index in [9.17, 15) is 14.4 Å². The SMILES string of the molecule is CCOC(=O)c1nnn(Cc2ccc(-c3cc(=O)cc(-c4ccccc4)o3)cc2)c1C(=O)OCC. The van der Waals surface area contributed by atoms with Gasteiger partial charge in [0.05, 0.1) is 19.8 Å². The molecule has 0 aliphatic rings. The number of hydrogen-bond donors (Lipinski definition) is 0. The van der Waals surface area contributed by atoms with Gasteiger partial charge < -0.3 is 13.9 Å². The van der Waals surface area contributed by atoms with E-state index in [4.69, 9.17) is 13.9 Å². The molecule has 9 heteroatoms. The maximum atomic E-state index is 12.5. The lowest BCUT2D eigenvalue weighted by molar-refractivity contribution is 0.0467. The Labute approximate surface area is 200 Å². The molecule has 35 heavy (non-hydrogen) atoms. The molecule has 0 aliphatic carbocycles. The van der Waals surface area contributed by atoms with E-state index in [0.29, 0.717) is 17.1 Å². The molecule has 4 rings (SSSR count). The van der Waals surface area contributed by atoms with Crippen molar-refractivity contribution in [2.45, 2.75) is 20.4 Å². The van der Waals surface area contributed by atoms with Crippen molar-refractivity contribution in [1.82, 2.24) is 15.0 Å². The Morgan fingerprint density at radius 2 is 1.46 bits per heavy atom. The fourth-order valence-electron chi connectivity index (χ4n) is 3.47. The summed E-state index contributed by atoms with van der Waals surface area (Å²) in [5, 5.41) is 7.80. The summed E-state index contributed by atoms with van der Waals surface area (Å²) in [6.07, 6.45) is 0. The van der Waals surface area contributed by atoms with Crippen LogP contribution in [-0.2, 0) is 16.0 Å². The summed E-state index contributed by atoms with van der Waals surface area (Å²) < 4.78 is 17.3. The van der Waals surface area contributed by atoms with Crippen LogP contribution in [0.4, 0.5) is 0 Å². The van der Waals surface area contributed by atoms with Crippen LogP contribution in [0.2, 0.25) is 0 Å². The Hall–Kier alpha value is -4.53. The minimum Gasteiger partial charge on any atom is -0.461 e. The minimum absolute atomic E-state index is 0.0732. The molecule has 0 saturated carbocycles. The molecule has 0 radical (unpaired) electrons. The molecule has 178 valence electrons. The molecule has 2 heterocycles. The van der Waals surface area contributed by atoms with E-state index in [1.54, 1.807) is 26.0 Å². The number of rotatable bonds is 8. The van der Waals surface area contributed by atoms with Crippen LogP contribution in [0.25, 0.3) is 22.6 Å². The Kier molecular flexibility index (Phi) is 7.15. The zero-order valence-electron chi connectivity index (χ0n) is 19.3. The average Bonchev–Trinajstić information content (AvgIpc) is 3.29. The summed E-state index contributed by atoms with van der Waals surface area (Å²) in [5.74, 6) is -0.548. The molecule has 0 N–H and O–H groups in total. The Balaban J connectivity index is 1.61. The van der Waals surface area contributed by atoms with Crippen molar-refractivity contribution in [2.75, 3.05) is 13.2 Å². The number of aromatic nitrogens is 3. The van der Waals surface area contributed by atoms with Crippen LogP contribution in [0.15, 0.2) is 75.9 Å². The molecule has 9 nitrogen and oxygen atoms in total. The van der Waals surface area contributed by atoms with Crippen molar-refractivity contribution in [1.29, 1.82) is 0 Å². The number of benzene rings is 2. The first kappa shape index (κ1) is 23.6. The Bertz CT molecular complexity index is 1390. The lowest BCUT2D eigenvalue weighted by Crippen LogP contribution is -2.18. The zero-order chi connectivity index (χ0) is 24.8. The first-order chi connectivity index (χ1) is 17.0. The van der Waals surface area contributed by atoms with E-state index in [2.05, 4.69) is 10.3 Å².